The number of anilines is 1. The Bertz CT molecular complexity index is 1100. The fourth-order valence-electron chi connectivity index (χ4n) is 2.87. The van der Waals surface area contributed by atoms with E-state index in [4.69, 9.17) is 13.9 Å². The standard InChI is InChI=1S/C22H18N2O4/c1-26-19-12-9-15(13-20(19)27-2)21(25)23-16-10-7-14(8-11-16)22-24-17-5-3-4-6-18(17)28-22/h3-13H,1-2H3,(H,23,25). The second kappa shape index (κ2) is 7.44. The van der Waals surface area contributed by atoms with Crippen LogP contribution in [0.25, 0.3) is 22.6 Å². The number of nitrogens with one attached hydrogen (secondary N) is 1. The number of carbonyl (C=O) groups excluding carboxylic acids is 1. The van der Waals surface area contributed by atoms with E-state index in [1.807, 2.05) is 48.5 Å². The molecule has 6 heteroatoms. The van der Waals surface area contributed by atoms with Gasteiger partial charge in [-0.1, -0.05) is 12.1 Å². The molecule has 0 aliphatic carbocycles. The first kappa shape index (κ1) is 17.6. The zero-order valence-electron chi connectivity index (χ0n) is 15.4. The maximum absolute atomic E-state index is 12.5. The van der Waals surface area contributed by atoms with Crippen molar-refractivity contribution in [1.29, 1.82) is 0 Å². The van der Waals surface area contributed by atoms with Crippen molar-refractivity contribution in [1.82, 2.24) is 4.98 Å². The quantitative estimate of drug-likeness (QED) is 0.545. The van der Waals surface area contributed by atoms with Gasteiger partial charge in [0.1, 0.15) is 5.52 Å². The van der Waals surface area contributed by atoms with Crippen molar-refractivity contribution in [3.63, 3.8) is 0 Å². The Kier molecular flexibility index (Phi) is 4.68. The van der Waals surface area contributed by atoms with Gasteiger partial charge in [0, 0.05) is 16.8 Å². The molecular formula is C22H18N2O4. The lowest BCUT2D eigenvalue weighted by molar-refractivity contribution is 0.102. The molecule has 0 atom stereocenters. The topological polar surface area (TPSA) is 73.6 Å². The number of oxazole rings is 1. The molecule has 1 amide bonds. The predicted molar refractivity (Wildman–Crippen MR) is 107 cm³/mol. The Labute approximate surface area is 161 Å². The van der Waals surface area contributed by atoms with Crippen LogP contribution in [0.5, 0.6) is 11.5 Å². The average Bonchev–Trinajstić information content (AvgIpc) is 3.18. The van der Waals surface area contributed by atoms with E-state index in [2.05, 4.69) is 10.3 Å². The van der Waals surface area contributed by atoms with Crippen molar-refractivity contribution in [3.8, 4) is 23.0 Å². The average molecular weight is 374 g/mol. The number of rotatable bonds is 5. The van der Waals surface area contributed by atoms with Gasteiger partial charge in [-0.15, -0.1) is 0 Å². The van der Waals surface area contributed by atoms with Gasteiger partial charge in [-0.3, -0.25) is 4.79 Å². The molecule has 0 bridgehead atoms. The number of aromatic nitrogens is 1. The van der Waals surface area contributed by atoms with Crippen molar-refractivity contribution in [2.24, 2.45) is 0 Å². The van der Waals surface area contributed by atoms with E-state index in [1.54, 1.807) is 25.3 Å². The molecule has 0 saturated heterocycles. The van der Waals surface area contributed by atoms with Crippen molar-refractivity contribution in [2.45, 2.75) is 0 Å². The summed E-state index contributed by atoms with van der Waals surface area (Å²) in [5.41, 5.74) is 3.52. The van der Waals surface area contributed by atoms with Crippen LogP contribution in [-0.4, -0.2) is 25.1 Å². The first-order valence-electron chi connectivity index (χ1n) is 8.67. The molecule has 0 aliphatic heterocycles. The Hall–Kier alpha value is -3.80. The van der Waals surface area contributed by atoms with Gasteiger partial charge in [-0.2, -0.15) is 0 Å². The predicted octanol–water partition coefficient (Wildman–Crippen LogP) is 4.76. The van der Waals surface area contributed by atoms with Crippen LogP contribution in [-0.2, 0) is 0 Å². The molecule has 3 aromatic carbocycles. The highest BCUT2D eigenvalue weighted by Crippen LogP contribution is 2.28. The third kappa shape index (κ3) is 3.40. The second-order valence-electron chi connectivity index (χ2n) is 6.09. The summed E-state index contributed by atoms with van der Waals surface area (Å²) in [6.45, 7) is 0. The summed E-state index contributed by atoms with van der Waals surface area (Å²) in [5, 5.41) is 2.87. The molecule has 0 spiro atoms. The number of para-hydroxylation sites is 2. The molecule has 4 aromatic rings. The minimum absolute atomic E-state index is 0.240. The summed E-state index contributed by atoms with van der Waals surface area (Å²) < 4.78 is 16.2. The first-order chi connectivity index (χ1) is 13.7. The molecule has 1 N–H and O–H groups in total. The lowest BCUT2D eigenvalue weighted by Gasteiger charge is -2.10. The van der Waals surface area contributed by atoms with Crippen LogP contribution in [0.2, 0.25) is 0 Å². The number of benzene rings is 3. The first-order valence-corrected chi connectivity index (χ1v) is 8.67. The van der Waals surface area contributed by atoms with Crippen LogP contribution in [0, 0.1) is 0 Å². The highest BCUT2D eigenvalue weighted by molar-refractivity contribution is 6.04. The number of carbonyl (C=O) groups is 1. The van der Waals surface area contributed by atoms with Crippen molar-refractivity contribution in [2.75, 3.05) is 19.5 Å². The third-order valence-electron chi connectivity index (χ3n) is 4.33. The SMILES string of the molecule is COc1ccc(C(=O)Nc2ccc(-c3nc4ccccc4o3)cc2)cc1OC. The fourth-order valence-corrected chi connectivity index (χ4v) is 2.87. The summed E-state index contributed by atoms with van der Waals surface area (Å²) in [5.74, 6) is 1.37. The maximum Gasteiger partial charge on any atom is 0.255 e. The van der Waals surface area contributed by atoms with Gasteiger partial charge in [0.2, 0.25) is 5.89 Å². The Morgan fingerprint density at radius 2 is 1.68 bits per heavy atom. The zero-order valence-corrected chi connectivity index (χ0v) is 15.4. The Morgan fingerprint density at radius 1 is 0.929 bits per heavy atom. The van der Waals surface area contributed by atoms with E-state index >= 15 is 0 Å². The number of hydrogen-bond acceptors (Lipinski definition) is 5. The number of methoxy groups -OCH3 is 2. The van der Waals surface area contributed by atoms with E-state index in [9.17, 15) is 4.79 Å². The number of nitrogens with zero attached hydrogens (tertiary/aromatic N) is 1. The van der Waals surface area contributed by atoms with Gasteiger partial charge in [0.05, 0.1) is 14.2 Å². The molecule has 6 nitrogen and oxygen atoms in total. The smallest absolute Gasteiger partial charge is 0.255 e. The van der Waals surface area contributed by atoms with Crippen LogP contribution < -0.4 is 14.8 Å². The molecule has 28 heavy (non-hydrogen) atoms. The highest BCUT2D eigenvalue weighted by atomic mass is 16.5. The van der Waals surface area contributed by atoms with Crippen LogP contribution in [0.15, 0.2) is 71.1 Å². The van der Waals surface area contributed by atoms with Crippen LogP contribution >= 0.6 is 0 Å². The monoisotopic (exact) mass is 374 g/mol. The molecule has 0 radical (unpaired) electrons. The van der Waals surface area contributed by atoms with Crippen LogP contribution in [0.3, 0.4) is 0 Å². The number of ether oxygens (including phenoxy) is 2. The third-order valence-corrected chi connectivity index (χ3v) is 4.33. The number of amides is 1. The lowest BCUT2D eigenvalue weighted by atomic mass is 10.1. The largest absolute Gasteiger partial charge is 0.493 e. The van der Waals surface area contributed by atoms with Gasteiger partial charge < -0.3 is 19.2 Å². The van der Waals surface area contributed by atoms with Crippen molar-refractivity contribution >= 4 is 22.7 Å². The molecule has 0 aliphatic rings. The molecule has 1 heterocycles. The highest BCUT2D eigenvalue weighted by Gasteiger charge is 2.12. The number of hydrogen-bond donors (Lipinski definition) is 1. The minimum atomic E-state index is -0.240. The zero-order chi connectivity index (χ0) is 19.5. The molecule has 0 saturated carbocycles. The van der Waals surface area contributed by atoms with Gasteiger partial charge >= 0.3 is 0 Å². The molecule has 4 rings (SSSR count). The van der Waals surface area contributed by atoms with E-state index < -0.39 is 0 Å². The molecule has 0 fully saturated rings. The Morgan fingerprint density at radius 3 is 2.39 bits per heavy atom. The molecule has 0 unspecified atom stereocenters. The van der Waals surface area contributed by atoms with Crippen LogP contribution in [0.1, 0.15) is 10.4 Å². The van der Waals surface area contributed by atoms with Crippen LogP contribution in [0.4, 0.5) is 5.69 Å². The van der Waals surface area contributed by atoms with Crippen molar-refractivity contribution in [3.05, 3.63) is 72.3 Å². The van der Waals surface area contributed by atoms with Crippen molar-refractivity contribution < 1.29 is 18.7 Å². The normalized spacial score (nSPS) is 10.6. The van der Waals surface area contributed by atoms with E-state index in [-0.39, 0.29) is 5.91 Å². The lowest BCUT2D eigenvalue weighted by Crippen LogP contribution is -2.12. The maximum atomic E-state index is 12.5. The molecule has 140 valence electrons. The van der Waals surface area contributed by atoms with Gasteiger partial charge in [0.15, 0.2) is 17.1 Å². The number of fused-ring (bicyclic) bond motifs is 1. The Balaban J connectivity index is 1.52. The summed E-state index contributed by atoms with van der Waals surface area (Å²) >= 11 is 0. The second-order valence-corrected chi connectivity index (χ2v) is 6.09. The summed E-state index contributed by atoms with van der Waals surface area (Å²) in [7, 11) is 3.08. The summed E-state index contributed by atoms with van der Waals surface area (Å²) in [6, 6.07) is 20.0. The van der Waals surface area contributed by atoms with E-state index in [0.717, 1.165) is 16.7 Å². The summed E-state index contributed by atoms with van der Waals surface area (Å²) in [4.78, 5) is 17.0. The van der Waals surface area contributed by atoms with E-state index in [1.165, 1.54) is 7.11 Å². The molecule has 1 aromatic heterocycles. The van der Waals surface area contributed by atoms with E-state index in [0.29, 0.717) is 28.6 Å². The molecular weight excluding hydrogens is 356 g/mol. The summed E-state index contributed by atoms with van der Waals surface area (Å²) in [6.07, 6.45) is 0. The van der Waals surface area contributed by atoms with Gasteiger partial charge in [-0.25, -0.2) is 4.98 Å². The van der Waals surface area contributed by atoms with Gasteiger partial charge in [0.25, 0.3) is 5.91 Å². The van der Waals surface area contributed by atoms with Gasteiger partial charge in [-0.05, 0) is 54.6 Å². The fraction of sp³-hybridized carbons (Fsp3) is 0.0909. The minimum Gasteiger partial charge on any atom is -0.493 e.